The molecule has 1 heteroatoms. The van der Waals surface area contributed by atoms with Crippen LogP contribution in [0.1, 0.15) is 22.8 Å². The monoisotopic (exact) mass is 172 g/mol. The van der Waals surface area contributed by atoms with Crippen molar-refractivity contribution < 1.29 is 4.79 Å². The molecule has 1 rings (SSSR count). The van der Waals surface area contributed by atoms with E-state index < -0.39 is 0 Å². The van der Waals surface area contributed by atoms with Crippen molar-refractivity contribution in [3.05, 3.63) is 53.3 Å². The van der Waals surface area contributed by atoms with Gasteiger partial charge in [-0.1, -0.05) is 30.8 Å². The van der Waals surface area contributed by atoms with E-state index in [1.807, 2.05) is 31.2 Å². The summed E-state index contributed by atoms with van der Waals surface area (Å²) in [5.41, 5.74) is 5.65. The lowest BCUT2D eigenvalue weighted by atomic mass is 10.0. The number of carbonyl (C=O) groups is 1. The van der Waals surface area contributed by atoms with Gasteiger partial charge in [0.2, 0.25) is 0 Å². The molecule has 0 N–H and O–H groups in total. The van der Waals surface area contributed by atoms with Crippen molar-refractivity contribution in [1.82, 2.24) is 0 Å². The molecule has 0 atom stereocenters. The predicted octanol–water partition coefficient (Wildman–Crippen LogP) is 2.77. The fourth-order valence-corrected chi connectivity index (χ4v) is 1.16. The van der Waals surface area contributed by atoms with E-state index in [-0.39, 0.29) is 0 Å². The number of hydrogen-bond acceptors (Lipinski definition) is 1. The van der Waals surface area contributed by atoms with Crippen LogP contribution in [0.5, 0.6) is 0 Å². The first kappa shape index (κ1) is 9.50. The van der Waals surface area contributed by atoms with E-state index in [2.05, 4.69) is 12.3 Å². The molecule has 0 saturated heterocycles. The highest BCUT2D eigenvalue weighted by molar-refractivity contribution is 5.77. The fourth-order valence-electron chi connectivity index (χ4n) is 1.16. The number of rotatable bonds is 3. The third-order valence-electron chi connectivity index (χ3n) is 1.94. The van der Waals surface area contributed by atoms with Crippen LogP contribution in [0.2, 0.25) is 0 Å². The van der Waals surface area contributed by atoms with Crippen molar-refractivity contribution in [2.75, 3.05) is 0 Å². The molecule has 0 aliphatic rings. The van der Waals surface area contributed by atoms with Crippen molar-refractivity contribution in [3.63, 3.8) is 0 Å². The Labute approximate surface area is 78.4 Å². The third-order valence-corrected chi connectivity index (χ3v) is 1.94. The zero-order chi connectivity index (χ0) is 9.68. The summed E-state index contributed by atoms with van der Waals surface area (Å²) in [6.07, 6.45) is 1.63. The van der Waals surface area contributed by atoms with E-state index in [1.54, 1.807) is 0 Å². The van der Waals surface area contributed by atoms with Gasteiger partial charge in [-0.2, -0.15) is 0 Å². The smallest absolute Gasteiger partial charge is 0.150 e. The maximum Gasteiger partial charge on any atom is 0.150 e. The molecule has 0 aliphatic heterocycles. The van der Waals surface area contributed by atoms with Crippen molar-refractivity contribution in [3.8, 4) is 0 Å². The molecule has 0 heterocycles. The second-order valence-corrected chi connectivity index (χ2v) is 2.95. The van der Waals surface area contributed by atoms with Gasteiger partial charge in [-0.25, -0.2) is 0 Å². The fraction of sp³-hybridized carbons (Fsp3) is 0.167. The van der Waals surface area contributed by atoms with E-state index in [9.17, 15) is 4.79 Å². The van der Waals surface area contributed by atoms with Gasteiger partial charge < -0.3 is 0 Å². The van der Waals surface area contributed by atoms with Gasteiger partial charge >= 0.3 is 0 Å². The number of allylic oxidation sites excluding steroid dienone is 1. The molecule has 0 spiro atoms. The van der Waals surface area contributed by atoms with E-state index >= 15 is 0 Å². The van der Waals surface area contributed by atoms with Gasteiger partial charge in [-0.05, 0) is 18.1 Å². The minimum absolute atomic E-state index is 0.747. The summed E-state index contributed by atoms with van der Waals surface area (Å²) in [5.74, 6) is 0. The minimum Gasteiger partial charge on any atom is -0.298 e. The van der Waals surface area contributed by atoms with E-state index in [0.29, 0.717) is 0 Å². The molecular weight excluding hydrogens is 160 g/mol. The number of benzene rings is 1. The molecule has 0 fully saturated rings. The molecule has 1 aromatic carbocycles. The van der Waals surface area contributed by atoms with Gasteiger partial charge in [0, 0.05) is 12.0 Å². The molecule has 1 nitrogen and oxygen atoms in total. The zero-order valence-electron chi connectivity index (χ0n) is 7.71. The van der Waals surface area contributed by atoms with Crippen LogP contribution < -0.4 is 0 Å². The zero-order valence-corrected chi connectivity index (χ0v) is 7.71. The Morgan fingerprint density at radius 2 is 2.23 bits per heavy atom. The number of hydrogen-bond donors (Lipinski definition) is 0. The molecule has 0 bridgehead atoms. The van der Waals surface area contributed by atoms with E-state index in [4.69, 9.17) is 0 Å². The highest BCUT2D eigenvalue weighted by Gasteiger charge is 1.99. The first-order valence-electron chi connectivity index (χ1n) is 4.16. The van der Waals surface area contributed by atoms with Crippen LogP contribution in [0.3, 0.4) is 0 Å². The van der Waals surface area contributed by atoms with Crippen molar-refractivity contribution in [2.45, 2.75) is 13.3 Å². The first-order valence-corrected chi connectivity index (χ1v) is 4.16. The van der Waals surface area contributed by atoms with Gasteiger partial charge in [0.1, 0.15) is 6.29 Å². The van der Waals surface area contributed by atoms with Crippen molar-refractivity contribution in [2.24, 2.45) is 0 Å². The summed E-state index contributed by atoms with van der Waals surface area (Å²) in [5, 5.41) is 0. The van der Waals surface area contributed by atoms with Gasteiger partial charge in [0.15, 0.2) is 0 Å². The van der Waals surface area contributed by atoms with Crippen molar-refractivity contribution in [1.29, 1.82) is 0 Å². The first-order chi connectivity index (χ1) is 6.27. The normalized spacial score (nSPS) is 9.00. The topological polar surface area (TPSA) is 17.1 Å². The van der Waals surface area contributed by atoms with Crippen LogP contribution >= 0.6 is 0 Å². The molecule has 1 aromatic rings. The standard InChI is InChI=1S/C12H12O/c1-3-10(2)8-11-6-4-5-7-12(11)9-13/h4-7,9H,1,8H2,2H3. The maximum absolute atomic E-state index is 10.7. The molecule has 0 saturated carbocycles. The molecule has 0 unspecified atom stereocenters. The van der Waals surface area contributed by atoms with Gasteiger partial charge in [-0.3, -0.25) is 4.79 Å². The van der Waals surface area contributed by atoms with Crippen LogP contribution in [0, 0.1) is 0 Å². The van der Waals surface area contributed by atoms with Crippen LogP contribution in [-0.4, -0.2) is 6.29 Å². The Bertz CT molecular complexity index is 357. The molecule has 0 aliphatic carbocycles. The predicted molar refractivity (Wildman–Crippen MR) is 53.9 cm³/mol. The van der Waals surface area contributed by atoms with Crippen LogP contribution in [-0.2, 0) is 6.42 Å². The SMILES string of the molecule is C=C=C(C)Cc1ccccc1C=O. The van der Waals surface area contributed by atoms with Gasteiger partial charge in [0.25, 0.3) is 0 Å². The highest BCUT2D eigenvalue weighted by Crippen LogP contribution is 2.10. The lowest BCUT2D eigenvalue weighted by Crippen LogP contribution is -1.92. The summed E-state index contributed by atoms with van der Waals surface area (Å²) in [7, 11) is 0. The van der Waals surface area contributed by atoms with E-state index in [1.165, 1.54) is 0 Å². The van der Waals surface area contributed by atoms with E-state index in [0.717, 1.165) is 29.4 Å². The molecule has 0 aromatic heterocycles. The average molecular weight is 172 g/mol. The molecule has 0 amide bonds. The molecule has 0 radical (unpaired) electrons. The molecule has 13 heavy (non-hydrogen) atoms. The summed E-state index contributed by atoms with van der Waals surface area (Å²) in [4.78, 5) is 10.7. The average Bonchev–Trinajstić information content (AvgIpc) is 2.18. The Balaban J connectivity index is 3.00. The second kappa shape index (κ2) is 4.44. The number of aldehydes is 1. The summed E-state index contributed by atoms with van der Waals surface area (Å²) in [6.45, 7) is 5.51. The minimum atomic E-state index is 0.747. The van der Waals surface area contributed by atoms with Gasteiger partial charge in [-0.15, -0.1) is 5.73 Å². The van der Waals surface area contributed by atoms with Crippen LogP contribution in [0.4, 0.5) is 0 Å². The Morgan fingerprint density at radius 1 is 1.54 bits per heavy atom. The maximum atomic E-state index is 10.7. The molecular formula is C12H12O. The summed E-state index contributed by atoms with van der Waals surface area (Å²) in [6, 6.07) is 7.56. The molecule has 66 valence electrons. The second-order valence-electron chi connectivity index (χ2n) is 2.95. The summed E-state index contributed by atoms with van der Waals surface area (Å²) < 4.78 is 0. The van der Waals surface area contributed by atoms with Crippen LogP contribution in [0.15, 0.2) is 42.1 Å². The Hall–Kier alpha value is -1.59. The highest BCUT2D eigenvalue weighted by atomic mass is 16.1. The Morgan fingerprint density at radius 3 is 2.85 bits per heavy atom. The largest absolute Gasteiger partial charge is 0.298 e. The lowest BCUT2D eigenvalue weighted by Gasteiger charge is -2.02. The van der Waals surface area contributed by atoms with Crippen LogP contribution in [0.25, 0.3) is 0 Å². The Kier molecular flexibility index (Phi) is 3.24. The quantitative estimate of drug-likeness (QED) is 0.506. The van der Waals surface area contributed by atoms with Crippen molar-refractivity contribution >= 4 is 6.29 Å². The third kappa shape index (κ3) is 2.43. The lowest BCUT2D eigenvalue weighted by molar-refractivity contribution is 0.112. The van der Waals surface area contributed by atoms with Gasteiger partial charge in [0.05, 0.1) is 0 Å². The number of carbonyl (C=O) groups excluding carboxylic acids is 1. The summed E-state index contributed by atoms with van der Waals surface area (Å²) >= 11 is 0.